The Morgan fingerprint density at radius 1 is 1.32 bits per heavy atom. The van der Waals surface area contributed by atoms with Crippen LogP contribution in [0.2, 0.25) is 0 Å². The van der Waals surface area contributed by atoms with Crippen molar-refractivity contribution in [2.75, 3.05) is 6.54 Å². The topological polar surface area (TPSA) is 12.0 Å². The maximum Gasteiger partial charge on any atom is 0.0320 e. The second-order valence-electron chi connectivity index (χ2n) is 5.07. The zero-order chi connectivity index (χ0) is 14.3. The van der Waals surface area contributed by atoms with Gasteiger partial charge in [-0.1, -0.05) is 35.0 Å². The molecule has 0 saturated heterocycles. The summed E-state index contributed by atoms with van der Waals surface area (Å²) in [6.45, 7) is 7.55. The van der Waals surface area contributed by atoms with Gasteiger partial charge < -0.3 is 5.32 Å². The van der Waals surface area contributed by atoms with Crippen LogP contribution in [0.4, 0.5) is 0 Å². The van der Waals surface area contributed by atoms with Crippen molar-refractivity contribution in [1.29, 1.82) is 0 Å². The predicted octanol–water partition coefficient (Wildman–Crippen LogP) is 4.91. The normalized spacial score (nSPS) is 12.2. The van der Waals surface area contributed by atoms with E-state index in [0.717, 1.165) is 32.2 Å². The lowest BCUT2D eigenvalue weighted by Gasteiger charge is -2.20. The number of terminal acetylenes is 1. The minimum atomic E-state index is 0.416. The fraction of sp³-hybridized carbons (Fsp3) is 0.529. The van der Waals surface area contributed by atoms with Gasteiger partial charge in [0.25, 0.3) is 0 Å². The molecule has 19 heavy (non-hydrogen) atoms. The summed E-state index contributed by atoms with van der Waals surface area (Å²) in [5.41, 5.74) is 3.98. The van der Waals surface area contributed by atoms with E-state index in [4.69, 9.17) is 6.42 Å². The molecule has 0 spiro atoms. The molecule has 1 aromatic carbocycles. The number of benzene rings is 1. The number of hydrogen-bond acceptors (Lipinski definition) is 1. The predicted molar refractivity (Wildman–Crippen MR) is 87.3 cm³/mol. The third-order valence-electron chi connectivity index (χ3n) is 3.32. The molecular formula is C17H24BrN. The van der Waals surface area contributed by atoms with Crippen LogP contribution in [-0.2, 0) is 0 Å². The Hall–Kier alpha value is -0.780. The Bertz CT molecular complexity index is 422. The first-order valence-electron chi connectivity index (χ1n) is 7.03. The molecule has 0 amide bonds. The van der Waals surface area contributed by atoms with E-state index in [9.17, 15) is 0 Å². The van der Waals surface area contributed by atoms with E-state index in [2.05, 4.69) is 60.1 Å². The van der Waals surface area contributed by atoms with Gasteiger partial charge in [-0.3, -0.25) is 0 Å². The number of unbranched alkanes of at least 4 members (excludes halogenated alkanes) is 1. The van der Waals surface area contributed by atoms with E-state index in [1.165, 1.54) is 21.2 Å². The maximum absolute atomic E-state index is 5.35. The molecule has 1 atom stereocenters. The van der Waals surface area contributed by atoms with Gasteiger partial charge >= 0.3 is 0 Å². The standard InChI is InChI=1S/C17H24BrN/c1-5-7-8-9-16(19-10-6-2)15-11-13(3)17(18)14(4)12-15/h1,11-12,16,19H,6-10H2,2-4H3. The summed E-state index contributed by atoms with van der Waals surface area (Å²) in [6.07, 6.45) is 9.54. The highest BCUT2D eigenvalue weighted by Crippen LogP contribution is 2.27. The molecule has 0 heterocycles. The van der Waals surface area contributed by atoms with Crippen LogP contribution in [0.25, 0.3) is 0 Å². The molecule has 104 valence electrons. The van der Waals surface area contributed by atoms with Gasteiger partial charge in [-0.15, -0.1) is 12.3 Å². The summed E-state index contributed by atoms with van der Waals surface area (Å²) in [5, 5.41) is 3.63. The lowest BCUT2D eigenvalue weighted by Crippen LogP contribution is -2.22. The van der Waals surface area contributed by atoms with Crippen LogP contribution in [0.1, 0.15) is 55.3 Å². The zero-order valence-electron chi connectivity index (χ0n) is 12.2. The average molecular weight is 322 g/mol. The Balaban J connectivity index is 2.86. The minimum Gasteiger partial charge on any atom is -0.310 e. The molecular weight excluding hydrogens is 298 g/mol. The molecule has 1 nitrogen and oxygen atoms in total. The largest absolute Gasteiger partial charge is 0.310 e. The van der Waals surface area contributed by atoms with Gasteiger partial charge in [-0.25, -0.2) is 0 Å². The van der Waals surface area contributed by atoms with Crippen molar-refractivity contribution in [2.45, 2.75) is 52.5 Å². The van der Waals surface area contributed by atoms with Crippen LogP contribution in [0, 0.1) is 26.2 Å². The molecule has 1 N–H and O–H groups in total. The zero-order valence-corrected chi connectivity index (χ0v) is 13.8. The molecule has 0 aliphatic rings. The van der Waals surface area contributed by atoms with E-state index in [1.807, 2.05) is 0 Å². The average Bonchev–Trinajstić information content (AvgIpc) is 2.39. The second kappa shape index (κ2) is 8.40. The van der Waals surface area contributed by atoms with Gasteiger partial charge in [-0.05, 0) is 56.3 Å². The van der Waals surface area contributed by atoms with Gasteiger partial charge in [-0.2, -0.15) is 0 Å². The molecule has 0 fully saturated rings. The molecule has 0 aromatic heterocycles. The molecule has 0 saturated carbocycles. The first kappa shape index (κ1) is 16.3. The van der Waals surface area contributed by atoms with Gasteiger partial charge in [0.05, 0.1) is 0 Å². The summed E-state index contributed by atoms with van der Waals surface area (Å²) >= 11 is 3.63. The summed E-state index contributed by atoms with van der Waals surface area (Å²) in [6, 6.07) is 4.97. The fourth-order valence-electron chi connectivity index (χ4n) is 2.29. The monoisotopic (exact) mass is 321 g/mol. The summed E-state index contributed by atoms with van der Waals surface area (Å²) in [5.74, 6) is 2.73. The summed E-state index contributed by atoms with van der Waals surface area (Å²) in [7, 11) is 0. The molecule has 0 bridgehead atoms. The van der Waals surface area contributed by atoms with Crippen molar-refractivity contribution >= 4 is 15.9 Å². The number of rotatable bonds is 7. The lowest BCUT2D eigenvalue weighted by molar-refractivity contribution is 0.487. The van der Waals surface area contributed by atoms with E-state index in [1.54, 1.807) is 0 Å². The lowest BCUT2D eigenvalue weighted by atomic mass is 9.97. The van der Waals surface area contributed by atoms with Crippen molar-refractivity contribution in [2.24, 2.45) is 0 Å². The van der Waals surface area contributed by atoms with Gasteiger partial charge in [0.15, 0.2) is 0 Å². The number of aryl methyl sites for hydroxylation is 2. The van der Waals surface area contributed by atoms with E-state index in [-0.39, 0.29) is 0 Å². The smallest absolute Gasteiger partial charge is 0.0320 e. The molecule has 1 rings (SSSR count). The van der Waals surface area contributed by atoms with Gasteiger partial charge in [0.1, 0.15) is 0 Å². The van der Waals surface area contributed by atoms with Crippen molar-refractivity contribution < 1.29 is 0 Å². The van der Waals surface area contributed by atoms with Crippen LogP contribution < -0.4 is 5.32 Å². The Morgan fingerprint density at radius 3 is 2.47 bits per heavy atom. The molecule has 2 heteroatoms. The van der Waals surface area contributed by atoms with E-state index >= 15 is 0 Å². The molecule has 0 radical (unpaired) electrons. The highest BCUT2D eigenvalue weighted by molar-refractivity contribution is 9.10. The first-order valence-corrected chi connectivity index (χ1v) is 7.83. The molecule has 1 aromatic rings. The minimum absolute atomic E-state index is 0.416. The molecule has 1 unspecified atom stereocenters. The maximum atomic E-state index is 5.35. The third kappa shape index (κ3) is 5.01. The quantitative estimate of drug-likeness (QED) is 0.555. The highest BCUT2D eigenvalue weighted by atomic mass is 79.9. The Kier molecular flexibility index (Phi) is 7.20. The number of hydrogen-bond donors (Lipinski definition) is 1. The number of nitrogens with one attached hydrogen (secondary N) is 1. The van der Waals surface area contributed by atoms with Crippen molar-refractivity contribution in [3.8, 4) is 12.3 Å². The summed E-state index contributed by atoms with van der Waals surface area (Å²) < 4.78 is 1.22. The number of halogens is 1. The van der Waals surface area contributed by atoms with E-state index < -0.39 is 0 Å². The van der Waals surface area contributed by atoms with E-state index in [0.29, 0.717) is 6.04 Å². The Morgan fingerprint density at radius 2 is 1.95 bits per heavy atom. The van der Waals surface area contributed by atoms with Crippen molar-refractivity contribution in [3.05, 3.63) is 33.3 Å². The van der Waals surface area contributed by atoms with Gasteiger partial charge in [0.2, 0.25) is 0 Å². The van der Waals surface area contributed by atoms with Crippen LogP contribution in [-0.4, -0.2) is 6.54 Å². The molecule has 0 aliphatic heterocycles. The van der Waals surface area contributed by atoms with Crippen LogP contribution in [0.5, 0.6) is 0 Å². The fourth-order valence-corrected chi connectivity index (χ4v) is 2.52. The Labute approximate surface area is 126 Å². The van der Waals surface area contributed by atoms with Crippen molar-refractivity contribution in [1.82, 2.24) is 5.32 Å². The first-order chi connectivity index (χ1) is 9.10. The molecule has 0 aliphatic carbocycles. The van der Waals surface area contributed by atoms with Crippen LogP contribution >= 0.6 is 15.9 Å². The van der Waals surface area contributed by atoms with Crippen LogP contribution in [0.15, 0.2) is 16.6 Å². The SMILES string of the molecule is C#CCCCC(NCCC)c1cc(C)c(Br)c(C)c1. The summed E-state index contributed by atoms with van der Waals surface area (Å²) in [4.78, 5) is 0. The highest BCUT2D eigenvalue weighted by Gasteiger charge is 2.12. The third-order valence-corrected chi connectivity index (χ3v) is 4.57. The second-order valence-corrected chi connectivity index (χ2v) is 5.86. The van der Waals surface area contributed by atoms with Crippen molar-refractivity contribution in [3.63, 3.8) is 0 Å². The van der Waals surface area contributed by atoms with Gasteiger partial charge in [0, 0.05) is 16.9 Å². The van der Waals surface area contributed by atoms with Crippen LogP contribution in [0.3, 0.4) is 0 Å².